The van der Waals surface area contributed by atoms with Gasteiger partial charge in [-0.25, -0.2) is 0 Å². The first kappa shape index (κ1) is 17.3. The molecule has 3 nitrogen and oxygen atoms in total. The largest absolute Gasteiger partial charge is 0.496 e. The molecule has 0 spiro atoms. The van der Waals surface area contributed by atoms with E-state index in [1.807, 2.05) is 12.1 Å². The lowest BCUT2D eigenvalue weighted by atomic mass is 9.86. The molecule has 0 saturated carbocycles. The van der Waals surface area contributed by atoms with E-state index in [2.05, 4.69) is 29.8 Å². The molecular formula is C16H26BrNO2. The molecule has 1 rings (SSSR count). The smallest absolute Gasteiger partial charge is 0.133 e. The van der Waals surface area contributed by atoms with Crippen LogP contribution in [0.4, 0.5) is 0 Å². The van der Waals surface area contributed by atoms with Gasteiger partial charge in [0.2, 0.25) is 0 Å². The van der Waals surface area contributed by atoms with Crippen molar-refractivity contribution in [3.63, 3.8) is 0 Å². The number of ether oxygens (including phenoxy) is 2. The highest BCUT2D eigenvalue weighted by Gasteiger charge is 2.22. The molecule has 0 amide bonds. The van der Waals surface area contributed by atoms with Gasteiger partial charge in [0.1, 0.15) is 11.5 Å². The summed E-state index contributed by atoms with van der Waals surface area (Å²) in [6.45, 7) is 4.41. The first-order chi connectivity index (χ1) is 9.58. The third-order valence-electron chi connectivity index (χ3n) is 3.69. The third-order valence-corrected chi connectivity index (χ3v) is 4.31. The molecule has 4 heteroatoms. The molecule has 114 valence electrons. The van der Waals surface area contributed by atoms with Crippen LogP contribution >= 0.6 is 15.9 Å². The summed E-state index contributed by atoms with van der Waals surface area (Å²) in [7, 11) is 3.34. The van der Waals surface area contributed by atoms with Crippen molar-refractivity contribution in [3.05, 3.63) is 22.2 Å². The standard InChI is InChI=1S/C16H26BrNO2/c1-5-7-11(8-6-2)16(18)12-9-15(20-4)13(17)10-14(12)19-3/h9-11,16H,5-8,18H2,1-4H3. The van der Waals surface area contributed by atoms with Gasteiger partial charge < -0.3 is 15.2 Å². The van der Waals surface area contributed by atoms with Crippen LogP contribution in [0.2, 0.25) is 0 Å². The predicted octanol–water partition coefficient (Wildman–Crippen LogP) is 4.68. The number of nitrogens with two attached hydrogens (primary N) is 1. The van der Waals surface area contributed by atoms with E-state index < -0.39 is 0 Å². The van der Waals surface area contributed by atoms with Gasteiger partial charge in [0.05, 0.1) is 18.7 Å². The van der Waals surface area contributed by atoms with Crippen LogP contribution in [-0.2, 0) is 0 Å². The summed E-state index contributed by atoms with van der Waals surface area (Å²) in [6, 6.07) is 3.90. The number of hydrogen-bond acceptors (Lipinski definition) is 3. The fourth-order valence-corrected chi connectivity index (χ4v) is 3.13. The summed E-state index contributed by atoms with van der Waals surface area (Å²) in [5.74, 6) is 2.09. The molecule has 0 aliphatic heterocycles. The highest BCUT2D eigenvalue weighted by atomic mass is 79.9. The van der Waals surface area contributed by atoms with E-state index in [0.717, 1.165) is 47.2 Å². The highest BCUT2D eigenvalue weighted by Crippen LogP contribution is 2.39. The van der Waals surface area contributed by atoms with E-state index in [-0.39, 0.29) is 6.04 Å². The van der Waals surface area contributed by atoms with Gasteiger partial charge in [-0.15, -0.1) is 0 Å². The number of hydrogen-bond donors (Lipinski definition) is 1. The van der Waals surface area contributed by atoms with Crippen molar-refractivity contribution >= 4 is 15.9 Å². The van der Waals surface area contributed by atoms with Gasteiger partial charge >= 0.3 is 0 Å². The number of rotatable bonds is 8. The topological polar surface area (TPSA) is 44.5 Å². The average Bonchev–Trinajstić information content (AvgIpc) is 2.46. The molecular weight excluding hydrogens is 318 g/mol. The number of methoxy groups -OCH3 is 2. The van der Waals surface area contributed by atoms with Crippen molar-refractivity contribution in [2.24, 2.45) is 11.7 Å². The Morgan fingerprint density at radius 3 is 2.05 bits per heavy atom. The Balaban J connectivity index is 3.13. The third kappa shape index (κ3) is 4.13. The minimum atomic E-state index is -0.0214. The van der Waals surface area contributed by atoms with Gasteiger partial charge in [-0.3, -0.25) is 0 Å². The van der Waals surface area contributed by atoms with Crippen molar-refractivity contribution in [2.75, 3.05) is 14.2 Å². The van der Waals surface area contributed by atoms with Crippen molar-refractivity contribution < 1.29 is 9.47 Å². The Morgan fingerprint density at radius 2 is 1.60 bits per heavy atom. The van der Waals surface area contributed by atoms with Gasteiger partial charge in [-0.2, -0.15) is 0 Å². The van der Waals surface area contributed by atoms with E-state index in [9.17, 15) is 0 Å². The van der Waals surface area contributed by atoms with E-state index in [0.29, 0.717) is 5.92 Å². The van der Waals surface area contributed by atoms with E-state index in [4.69, 9.17) is 15.2 Å². The zero-order valence-electron chi connectivity index (χ0n) is 12.9. The molecule has 1 unspecified atom stereocenters. The van der Waals surface area contributed by atoms with Gasteiger partial charge in [0.15, 0.2) is 0 Å². The fourth-order valence-electron chi connectivity index (χ4n) is 2.64. The summed E-state index contributed by atoms with van der Waals surface area (Å²) in [5, 5.41) is 0. The SMILES string of the molecule is CCCC(CCC)C(N)c1cc(OC)c(Br)cc1OC. The maximum atomic E-state index is 6.51. The van der Waals surface area contributed by atoms with Crippen LogP contribution in [0.15, 0.2) is 16.6 Å². The molecule has 1 aromatic carbocycles. The summed E-state index contributed by atoms with van der Waals surface area (Å²) < 4.78 is 11.7. The predicted molar refractivity (Wildman–Crippen MR) is 87.5 cm³/mol. The molecule has 0 bridgehead atoms. The van der Waals surface area contributed by atoms with Crippen molar-refractivity contribution in [3.8, 4) is 11.5 Å². The summed E-state index contributed by atoms with van der Waals surface area (Å²) in [4.78, 5) is 0. The van der Waals surface area contributed by atoms with E-state index in [1.165, 1.54) is 0 Å². The minimum absolute atomic E-state index is 0.0214. The Morgan fingerprint density at radius 1 is 1.05 bits per heavy atom. The second-order valence-electron chi connectivity index (χ2n) is 5.09. The van der Waals surface area contributed by atoms with E-state index >= 15 is 0 Å². The van der Waals surface area contributed by atoms with Crippen LogP contribution in [0.1, 0.15) is 51.1 Å². The molecule has 0 saturated heterocycles. The Kier molecular flexibility index (Phi) is 7.38. The van der Waals surface area contributed by atoms with Crippen LogP contribution in [0.25, 0.3) is 0 Å². The first-order valence-corrected chi connectivity index (χ1v) is 8.05. The highest BCUT2D eigenvalue weighted by molar-refractivity contribution is 9.10. The Labute approximate surface area is 131 Å². The minimum Gasteiger partial charge on any atom is -0.496 e. The summed E-state index contributed by atoms with van der Waals surface area (Å²) in [6.07, 6.45) is 4.57. The normalized spacial score (nSPS) is 12.6. The number of halogens is 1. The molecule has 2 N–H and O–H groups in total. The molecule has 0 aliphatic rings. The number of benzene rings is 1. The molecule has 0 aliphatic carbocycles. The Bertz CT molecular complexity index is 417. The molecule has 0 heterocycles. The van der Waals surface area contributed by atoms with Crippen LogP contribution in [0.5, 0.6) is 11.5 Å². The molecule has 1 aromatic rings. The van der Waals surface area contributed by atoms with Crippen molar-refractivity contribution in [1.29, 1.82) is 0 Å². The van der Waals surface area contributed by atoms with Crippen molar-refractivity contribution in [1.82, 2.24) is 0 Å². The maximum absolute atomic E-state index is 6.51. The molecule has 1 atom stereocenters. The molecule has 20 heavy (non-hydrogen) atoms. The van der Waals surface area contributed by atoms with Gasteiger partial charge in [-0.05, 0) is 46.8 Å². The van der Waals surface area contributed by atoms with Gasteiger partial charge in [-0.1, -0.05) is 26.7 Å². The molecule has 0 aromatic heterocycles. The first-order valence-electron chi connectivity index (χ1n) is 7.25. The maximum Gasteiger partial charge on any atom is 0.133 e. The van der Waals surface area contributed by atoms with Crippen molar-refractivity contribution in [2.45, 2.75) is 45.6 Å². The van der Waals surface area contributed by atoms with Crippen LogP contribution < -0.4 is 15.2 Å². The quantitative estimate of drug-likeness (QED) is 0.744. The Hall–Kier alpha value is -0.740. The fraction of sp³-hybridized carbons (Fsp3) is 0.625. The van der Waals surface area contributed by atoms with Crippen LogP contribution in [0.3, 0.4) is 0 Å². The van der Waals surface area contributed by atoms with Crippen LogP contribution in [0, 0.1) is 5.92 Å². The summed E-state index contributed by atoms with van der Waals surface area (Å²) in [5.41, 5.74) is 7.54. The molecule has 0 fully saturated rings. The van der Waals surface area contributed by atoms with E-state index in [1.54, 1.807) is 14.2 Å². The van der Waals surface area contributed by atoms with Crippen LogP contribution in [-0.4, -0.2) is 14.2 Å². The monoisotopic (exact) mass is 343 g/mol. The van der Waals surface area contributed by atoms with Gasteiger partial charge in [0.25, 0.3) is 0 Å². The average molecular weight is 344 g/mol. The lowest BCUT2D eigenvalue weighted by Gasteiger charge is -2.25. The van der Waals surface area contributed by atoms with Gasteiger partial charge in [0, 0.05) is 11.6 Å². The zero-order chi connectivity index (χ0) is 15.1. The lowest BCUT2D eigenvalue weighted by molar-refractivity contribution is 0.346. The lowest BCUT2D eigenvalue weighted by Crippen LogP contribution is -2.22. The second-order valence-corrected chi connectivity index (χ2v) is 5.95. The second kappa shape index (κ2) is 8.53. The summed E-state index contributed by atoms with van der Waals surface area (Å²) >= 11 is 3.48. The molecule has 0 radical (unpaired) electrons. The zero-order valence-corrected chi connectivity index (χ0v) is 14.5.